The number of esters is 1. The number of H-pyrrole nitrogens is 1. The standard InChI is InChI=1S/C16H18N2O4/c1-18(9-5-8-14(19)22-2)16(21)13-10-11-6-3-4-7-12(11)15(20)17-13/h3-4,6-7,10H,5,8-9H2,1-2H3,(H,17,20). The van der Waals surface area contributed by atoms with Crippen molar-refractivity contribution in [2.45, 2.75) is 12.8 Å². The van der Waals surface area contributed by atoms with Gasteiger partial charge in [-0.3, -0.25) is 14.4 Å². The zero-order valence-corrected chi connectivity index (χ0v) is 12.6. The van der Waals surface area contributed by atoms with Gasteiger partial charge >= 0.3 is 5.97 Å². The first kappa shape index (κ1) is 15.8. The summed E-state index contributed by atoms with van der Waals surface area (Å²) in [4.78, 5) is 39.4. The zero-order valence-electron chi connectivity index (χ0n) is 12.6. The highest BCUT2D eigenvalue weighted by molar-refractivity contribution is 5.96. The fourth-order valence-corrected chi connectivity index (χ4v) is 2.20. The van der Waals surface area contributed by atoms with Crippen molar-refractivity contribution in [1.29, 1.82) is 0 Å². The lowest BCUT2D eigenvalue weighted by molar-refractivity contribution is -0.140. The number of aromatic nitrogens is 1. The van der Waals surface area contributed by atoms with Crippen molar-refractivity contribution in [1.82, 2.24) is 9.88 Å². The monoisotopic (exact) mass is 302 g/mol. The number of hydrogen-bond acceptors (Lipinski definition) is 4. The van der Waals surface area contributed by atoms with E-state index in [0.717, 1.165) is 5.39 Å². The molecule has 116 valence electrons. The third-order valence-corrected chi connectivity index (χ3v) is 3.43. The highest BCUT2D eigenvalue weighted by Crippen LogP contribution is 2.11. The summed E-state index contributed by atoms with van der Waals surface area (Å²) < 4.78 is 4.55. The molecule has 0 aliphatic heterocycles. The van der Waals surface area contributed by atoms with E-state index in [0.29, 0.717) is 18.4 Å². The molecule has 1 aromatic carbocycles. The minimum atomic E-state index is -0.306. The van der Waals surface area contributed by atoms with Gasteiger partial charge in [0.15, 0.2) is 0 Å². The smallest absolute Gasteiger partial charge is 0.305 e. The maximum atomic E-state index is 12.3. The van der Waals surface area contributed by atoms with Crippen molar-refractivity contribution in [2.75, 3.05) is 20.7 Å². The second kappa shape index (κ2) is 6.89. The fourth-order valence-electron chi connectivity index (χ4n) is 2.20. The molecule has 0 fully saturated rings. The van der Waals surface area contributed by atoms with Gasteiger partial charge in [-0.15, -0.1) is 0 Å². The summed E-state index contributed by atoms with van der Waals surface area (Å²) in [6, 6.07) is 8.76. The molecule has 0 radical (unpaired) electrons. The van der Waals surface area contributed by atoms with E-state index in [2.05, 4.69) is 9.72 Å². The van der Waals surface area contributed by atoms with Crippen LogP contribution in [0.3, 0.4) is 0 Å². The molecule has 1 aromatic heterocycles. The third kappa shape index (κ3) is 3.52. The summed E-state index contributed by atoms with van der Waals surface area (Å²) >= 11 is 0. The van der Waals surface area contributed by atoms with Crippen molar-refractivity contribution in [2.24, 2.45) is 0 Å². The number of ether oxygens (including phenoxy) is 1. The predicted molar refractivity (Wildman–Crippen MR) is 82.8 cm³/mol. The molecule has 2 aromatic rings. The summed E-state index contributed by atoms with van der Waals surface area (Å²) in [7, 11) is 2.96. The maximum Gasteiger partial charge on any atom is 0.305 e. The summed E-state index contributed by atoms with van der Waals surface area (Å²) in [5.41, 5.74) is -0.0475. The lowest BCUT2D eigenvalue weighted by Crippen LogP contribution is -2.30. The first-order chi connectivity index (χ1) is 10.5. The third-order valence-electron chi connectivity index (χ3n) is 3.43. The first-order valence-electron chi connectivity index (χ1n) is 6.97. The van der Waals surface area contributed by atoms with Gasteiger partial charge in [-0.25, -0.2) is 0 Å². The van der Waals surface area contributed by atoms with Crippen LogP contribution in [0.4, 0.5) is 0 Å². The zero-order chi connectivity index (χ0) is 16.1. The molecule has 22 heavy (non-hydrogen) atoms. The molecule has 0 bridgehead atoms. The Morgan fingerprint density at radius 1 is 1.27 bits per heavy atom. The number of methoxy groups -OCH3 is 1. The molecule has 1 heterocycles. The second-order valence-corrected chi connectivity index (χ2v) is 5.01. The molecule has 0 unspecified atom stereocenters. The Balaban J connectivity index is 2.12. The number of carbonyl (C=O) groups is 2. The molecule has 1 N–H and O–H groups in total. The second-order valence-electron chi connectivity index (χ2n) is 5.01. The van der Waals surface area contributed by atoms with Crippen molar-refractivity contribution >= 4 is 22.6 Å². The highest BCUT2D eigenvalue weighted by atomic mass is 16.5. The molecule has 1 amide bonds. The van der Waals surface area contributed by atoms with E-state index in [1.807, 2.05) is 6.07 Å². The summed E-state index contributed by atoms with van der Waals surface area (Å²) in [6.07, 6.45) is 0.759. The van der Waals surface area contributed by atoms with E-state index in [1.165, 1.54) is 12.0 Å². The summed E-state index contributed by atoms with van der Waals surface area (Å²) in [5.74, 6) is -0.590. The number of nitrogens with one attached hydrogen (secondary N) is 1. The molecule has 0 spiro atoms. The molecule has 0 saturated heterocycles. The van der Waals surface area contributed by atoms with Crippen LogP contribution in [0.25, 0.3) is 10.8 Å². The topological polar surface area (TPSA) is 79.5 Å². The molecular formula is C16H18N2O4. The molecule has 0 saturated carbocycles. The number of fused-ring (bicyclic) bond motifs is 1. The van der Waals surface area contributed by atoms with E-state index in [-0.39, 0.29) is 29.6 Å². The number of aromatic amines is 1. The van der Waals surface area contributed by atoms with Crippen LogP contribution in [-0.4, -0.2) is 42.5 Å². The lowest BCUT2D eigenvalue weighted by Gasteiger charge is -2.16. The summed E-state index contributed by atoms with van der Waals surface area (Å²) in [6.45, 7) is 0.406. The van der Waals surface area contributed by atoms with Crippen LogP contribution < -0.4 is 5.56 Å². The van der Waals surface area contributed by atoms with E-state index in [9.17, 15) is 14.4 Å². The fraction of sp³-hybridized carbons (Fsp3) is 0.312. The van der Waals surface area contributed by atoms with E-state index in [1.54, 1.807) is 31.3 Å². The average Bonchev–Trinajstić information content (AvgIpc) is 2.53. The number of benzene rings is 1. The number of pyridine rings is 1. The lowest BCUT2D eigenvalue weighted by atomic mass is 10.1. The van der Waals surface area contributed by atoms with Crippen LogP contribution >= 0.6 is 0 Å². The van der Waals surface area contributed by atoms with Crippen molar-refractivity contribution < 1.29 is 14.3 Å². The maximum absolute atomic E-state index is 12.3. The number of nitrogens with zero attached hydrogens (tertiary/aromatic N) is 1. The van der Waals surface area contributed by atoms with Gasteiger partial charge in [0.05, 0.1) is 7.11 Å². The molecule has 0 aliphatic carbocycles. The van der Waals surface area contributed by atoms with Gasteiger partial charge in [-0.05, 0) is 23.9 Å². The van der Waals surface area contributed by atoms with Gasteiger partial charge in [-0.2, -0.15) is 0 Å². The Kier molecular flexibility index (Phi) is 4.93. The Bertz CT molecular complexity index is 751. The van der Waals surface area contributed by atoms with Crippen molar-refractivity contribution in [3.8, 4) is 0 Å². The van der Waals surface area contributed by atoms with Crippen LogP contribution in [0.1, 0.15) is 23.3 Å². The minimum absolute atomic E-state index is 0.240. The normalized spacial score (nSPS) is 10.5. The molecular weight excluding hydrogens is 284 g/mol. The Hall–Kier alpha value is -2.63. The Labute approximate surface area is 127 Å². The van der Waals surface area contributed by atoms with Crippen LogP contribution in [0, 0.1) is 0 Å². The van der Waals surface area contributed by atoms with Gasteiger partial charge in [-0.1, -0.05) is 18.2 Å². The van der Waals surface area contributed by atoms with E-state index >= 15 is 0 Å². The van der Waals surface area contributed by atoms with Crippen molar-refractivity contribution in [3.05, 3.63) is 46.4 Å². The number of rotatable bonds is 5. The molecule has 6 nitrogen and oxygen atoms in total. The molecule has 2 rings (SSSR count). The average molecular weight is 302 g/mol. The van der Waals surface area contributed by atoms with Crippen LogP contribution in [0.5, 0.6) is 0 Å². The van der Waals surface area contributed by atoms with Crippen LogP contribution in [0.2, 0.25) is 0 Å². The molecule has 0 atom stereocenters. The van der Waals surface area contributed by atoms with Gasteiger partial charge in [0.25, 0.3) is 11.5 Å². The number of amides is 1. The van der Waals surface area contributed by atoms with Crippen LogP contribution in [0.15, 0.2) is 35.1 Å². The Morgan fingerprint density at radius 2 is 2.00 bits per heavy atom. The van der Waals surface area contributed by atoms with Gasteiger partial charge < -0.3 is 14.6 Å². The van der Waals surface area contributed by atoms with E-state index in [4.69, 9.17) is 0 Å². The minimum Gasteiger partial charge on any atom is -0.469 e. The van der Waals surface area contributed by atoms with Crippen molar-refractivity contribution in [3.63, 3.8) is 0 Å². The summed E-state index contributed by atoms with van der Waals surface area (Å²) in [5, 5.41) is 1.27. The Morgan fingerprint density at radius 3 is 2.73 bits per heavy atom. The largest absolute Gasteiger partial charge is 0.469 e. The first-order valence-corrected chi connectivity index (χ1v) is 6.97. The highest BCUT2D eigenvalue weighted by Gasteiger charge is 2.14. The molecule has 6 heteroatoms. The van der Waals surface area contributed by atoms with E-state index < -0.39 is 0 Å². The molecule has 0 aliphatic rings. The van der Waals surface area contributed by atoms with Gasteiger partial charge in [0.2, 0.25) is 0 Å². The predicted octanol–water partition coefficient (Wildman–Crippen LogP) is 1.55. The number of carbonyl (C=O) groups excluding carboxylic acids is 2. The van der Waals surface area contributed by atoms with Crippen LogP contribution in [-0.2, 0) is 9.53 Å². The van der Waals surface area contributed by atoms with Gasteiger partial charge in [0.1, 0.15) is 5.69 Å². The quantitative estimate of drug-likeness (QED) is 0.850. The number of hydrogen-bond donors (Lipinski definition) is 1. The van der Waals surface area contributed by atoms with Gasteiger partial charge in [0, 0.05) is 25.4 Å². The SMILES string of the molecule is COC(=O)CCCN(C)C(=O)c1cc2ccccc2c(=O)[nH]1.